The van der Waals surface area contributed by atoms with E-state index in [1.54, 1.807) is 18.2 Å². The molecule has 8 nitrogen and oxygen atoms in total. The molecule has 0 bridgehead atoms. The first kappa shape index (κ1) is 23.2. The van der Waals surface area contributed by atoms with Gasteiger partial charge in [-0.15, -0.1) is 0 Å². The third-order valence-electron chi connectivity index (χ3n) is 4.96. The molecular formula is C20H21Cl2N3O5S. The van der Waals surface area contributed by atoms with Crippen molar-refractivity contribution < 1.29 is 23.1 Å². The van der Waals surface area contributed by atoms with E-state index in [4.69, 9.17) is 28.3 Å². The standard InChI is InChI=1S/C20H21Cl2N3O5S/c1-31(29,30)25(11-14-3-2-4-17(21)18(14)22)16-7-5-13(6-8-16)19(26)23-15-9-10-24(12-15)20(27)28/h2-8,15H,9-12H2,1H3,(H,23,26)(H,27,28). The Morgan fingerprint density at radius 2 is 1.87 bits per heavy atom. The molecule has 1 heterocycles. The van der Waals surface area contributed by atoms with E-state index in [0.29, 0.717) is 34.8 Å². The van der Waals surface area contributed by atoms with Gasteiger partial charge in [-0.2, -0.15) is 0 Å². The highest BCUT2D eigenvalue weighted by atomic mass is 35.5. The maximum atomic E-state index is 12.5. The fourth-order valence-corrected chi connectivity index (χ4v) is 4.58. The molecule has 2 aromatic carbocycles. The number of carboxylic acid groups (broad SMARTS) is 1. The summed E-state index contributed by atoms with van der Waals surface area (Å²) < 4.78 is 25.9. The molecule has 1 aliphatic rings. The molecule has 0 spiro atoms. The monoisotopic (exact) mass is 485 g/mol. The number of carbonyl (C=O) groups is 2. The molecule has 0 aromatic heterocycles. The van der Waals surface area contributed by atoms with Crippen LogP contribution in [0.25, 0.3) is 0 Å². The summed E-state index contributed by atoms with van der Waals surface area (Å²) in [4.78, 5) is 24.7. The molecule has 1 saturated heterocycles. The van der Waals surface area contributed by atoms with Gasteiger partial charge >= 0.3 is 6.09 Å². The van der Waals surface area contributed by atoms with E-state index in [2.05, 4.69) is 5.32 Å². The fraction of sp³-hybridized carbons (Fsp3) is 0.300. The van der Waals surface area contributed by atoms with Crippen LogP contribution < -0.4 is 9.62 Å². The van der Waals surface area contributed by atoms with E-state index < -0.39 is 16.1 Å². The smallest absolute Gasteiger partial charge is 0.407 e. The summed E-state index contributed by atoms with van der Waals surface area (Å²) in [7, 11) is -3.64. The van der Waals surface area contributed by atoms with Gasteiger partial charge in [0.1, 0.15) is 0 Å². The Hall–Kier alpha value is -2.49. The lowest BCUT2D eigenvalue weighted by Gasteiger charge is -2.23. The second-order valence-electron chi connectivity index (χ2n) is 7.22. The van der Waals surface area contributed by atoms with E-state index in [1.165, 1.54) is 33.5 Å². The normalized spacial score (nSPS) is 16.2. The Balaban J connectivity index is 1.75. The molecule has 2 amide bonds. The number of benzene rings is 2. The number of halogens is 2. The van der Waals surface area contributed by atoms with Crippen LogP contribution in [0.5, 0.6) is 0 Å². The van der Waals surface area contributed by atoms with Crippen molar-refractivity contribution in [1.82, 2.24) is 10.2 Å². The van der Waals surface area contributed by atoms with E-state index in [0.717, 1.165) is 6.26 Å². The summed E-state index contributed by atoms with van der Waals surface area (Å²) in [6.07, 6.45) is 0.612. The SMILES string of the molecule is CS(=O)(=O)N(Cc1cccc(Cl)c1Cl)c1ccc(C(=O)NC2CCN(C(=O)O)C2)cc1. The lowest BCUT2D eigenvalue weighted by molar-refractivity contribution is 0.0936. The van der Waals surface area contributed by atoms with Crippen molar-refractivity contribution in [3.05, 3.63) is 63.6 Å². The summed E-state index contributed by atoms with van der Waals surface area (Å²) in [5, 5.41) is 12.4. The van der Waals surface area contributed by atoms with E-state index in [1.807, 2.05) is 0 Å². The minimum Gasteiger partial charge on any atom is -0.465 e. The third kappa shape index (κ3) is 5.61. The molecule has 166 valence electrons. The van der Waals surface area contributed by atoms with E-state index >= 15 is 0 Å². The number of hydrogen-bond acceptors (Lipinski definition) is 4. The molecule has 1 atom stereocenters. The average Bonchev–Trinajstić information content (AvgIpc) is 3.17. The number of nitrogens with zero attached hydrogens (tertiary/aromatic N) is 2. The van der Waals surface area contributed by atoms with Gasteiger partial charge in [0.25, 0.3) is 5.91 Å². The van der Waals surface area contributed by atoms with Gasteiger partial charge < -0.3 is 15.3 Å². The molecule has 31 heavy (non-hydrogen) atoms. The van der Waals surface area contributed by atoms with E-state index in [-0.39, 0.29) is 30.1 Å². The second kappa shape index (κ2) is 9.33. The average molecular weight is 486 g/mol. The zero-order valence-electron chi connectivity index (χ0n) is 16.6. The molecule has 1 aliphatic heterocycles. The van der Waals surface area contributed by atoms with Crippen molar-refractivity contribution in [1.29, 1.82) is 0 Å². The van der Waals surface area contributed by atoms with Crippen LogP contribution in [0.2, 0.25) is 10.0 Å². The van der Waals surface area contributed by atoms with Crippen LogP contribution in [0.4, 0.5) is 10.5 Å². The number of amides is 2. The van der Waals surface area contributed by atoms with Crippen LogP contribution in [0.3, 0.4) is 0 Å². The van der Waals surface area contributed by atoms with Crippen molar-refractivity contribution in [3.63, 3.8) is 0 Å². The highest BCUT2D eigenvalue weighted by molar-refractivity contribution is 7.92. The van der Waals surface area contributed by atoms with Gasteiger partial charge in [0.15, 0.2) is 0 Å². The minimum absolute atomic E-state index is 0.0170. The Kier molecular flexibility index (Phi) is 6.98. The zero-order chi connectivity index (χ0) is 22.8. The van der Waals surface area contributed by atoms with Crippen LogP contribution in [0.1, 0.15) is 22.3 Å². The molecule has 2 aromatic rings. The molecule has 1 unspecified atom stereocenters. The predicted octanol–water partition coefficient (Wildman–Crippen LogP) is 3.44. The number of nitrogens with one attached hydrogen (secondary N) is 1. The minimum atomic E-state index is -3.64. The lowest BCUT2D eigenvalue weighted by Crippen LogP contribution is -2.38. The van der Waals surface area contributed by atoms with Crippen LogP contribution >= 0.6 is 23.2 Å². The quantitative estimate of drug-likeness (QED) is 0.651. The first-order valence-corrected chi connectivity index (χ1v) is 12.0. The third-order valence-corrected chi connectivity index (χ3v) is 6.96. The maximum absolute atomic E-state index is 12.5. The summed E-state index contributed by atoms with van der Waals surface area (Å²) in [6.45, 7) is 0.590. The number of likely N-dealkylation sites (tertiary alicyclic amines) is 1. The Morgan fingerprint density at radius 1 is 1.19 bits per heavy atom. The topological polar surface area (TPSA) is 107 Å². The van der Waals surface area contributed by atoms with Crippen molar-refractivity contribution in [2.75, 3.05) is 23.7 Å². The molecule has 2 N–H and O–H groups in total. The lowest BCUT2D eigenvalue weighted by atomic mass is 10.1. The van der Waals surface area contributed by atoms with Gasteiger partial charge in [0.05, 0.1) is 28.5 Å². The number of rotatable bonds is 6. The van der Waals surface area contributed by atoms with Crippen LogP contribution in [-0.4, -0.2) is 55.8 Å². The van der Waals surface area contributed by atoms with Gasteiger partial charge in [-0.25, -0.2) is 13.2 Å². The number of hydrogen-bond donors (Lipinski definition) is 2. The molecule has 3 rings (SSSR count). The fourth-order valence-electron chi connectivity index (χ4n) is 3.32. The first-order chi connectivity index (χ1) is 14.6. The molecule has 0 aliphatic carbocycles. The van der Waals surface area contributed by atoms with Gasteiger partial charge in [-0.3, -0.25) is 9.10 Å². The van der Waals surface area contributed by atoms with Crippen LogP contribution in [0, 0.1) is 0 Å². The molecule has 0 saturated carbocycles. The van der Waals surface area contributed by atoms with Gasteiger partial charge in [0, 0.05) is 24.7 Å². The summed E-state index contributed by atoms with van der Waals surface area (Å²) in [5.74, 6) is -0.354. The van der Waals surface area contributed by atoms with Crippen molar-refractivity contribution in [2.45, 2.75) is 19.0 Å². The zero-order valence-corrected chi connectivity index (χ0v) is 18.9. The number of anilines is 1. The Labute approximate surface area is 190 Å². The highest BCUT2D eigenvalue weighted by Gasteiger charge is 2.27. The van der Waals surface area contributed by atoms with Gasteiger partial charge in [-0.1, -0.05) is 35.3 Å². The second-order valence-corrected chi connectivity index (χ2v) is 9.91. The predicted molar refractivity (Wildman–Crippen MR) is 119 cm³/mol. The van der Waals surface area contributed by atoms with Crippen molar-refractivity contribution in [3.8, 4) is 0 Å². The van der Waals surface area contributed by atoms with E-state index in [9.17, 15) is 18.0 Å². The number of sulfonamides is 1. The molecule has 11 heteroatoms. The van der Waals surface area contributed by atoms with Crippen LogP contribution in [0.15, 0.2) is 42.5 Å². The van der Waals surface area contributed by atoms with Gasteiger partial charge in [-0.05, 0) is 42.3 Å². The Bertz CT molecular complexity index is 1090. The first-order valence-electron chi connectivity index (χ1n) is 9.35. The molecular weight excluding hydrogens is 465 g/mol. The Morgan fingerprint density at radius 3 is 2.45 bits per heavy atom. The number of carbonyl (C=O) groups excluding carboxylic acids is 1. The molecule has 1 fully saturated rings. The highest BCUT2D eigenvalue weighted by Crippen LogP contribution is 2.29. The van der Waals surface area contributed by atoms with Crippen LogP contribution in [-0.2, 0) is 16.6 Å². The largest absolute Gasteiger partial charge is 0.465 e. The molecule has 0 radical (unpaired) electrons. The van der Waals surface area contributed by atoms with Gasteiger partial charge in [0.2, 0.25) is 10.0 Å². The maximum Gasteiger partial charge on any atom is 0.407 e. The summed E-state index contributed by atoms with van der Waals surface area (Å²) in [6, 6.07) is 10.8. The van der Waals surface area contributed by atoms with Crippen molar-refractivity contribution >= 4 is 50.9 Å². The van der Waals surface area contributed by atoms with Crippen molar-refractivity contribution in [2.24, 2.45) is 0 Å². The summed E-state index contributed by atoms with van der Waals surface area (Å²) in [5.41, 5.74) is 1.26. The summed E-state index contributed by atoms with van der Waals surface area (Å²) >= 11 is 12.2.